The second kappa shape index (κ2) is 9.18. The largest absolute Gasteiger partial charge is 0.406 e. The number of carbonyl (C=O) groups excluding carboxylic acids is 1. The molecule has 172 valence electrons. The Hall–Kier alpha value is -2.10. The summed E-state index contributed by atoms with van der Waals surface area (Å²) in [6.45, 7) is 10.9. The first-order valence-corrected chi connectivity index (χ1v) is 13.1. The van der Waals surface area contributed by atoms with E-state index in [9.17, 15) is 25.1 Å². The Labute approximate surface area is 182 Å². The third-order valence-corrected chi connectivity index (χ3v) is 10.5. The van der Waals surface area contributed by atoms with Crippen molar-refractivity contribution >= 4 is 20.0 Å². The van der Waals surface area contributed by atoms with Crippen LogP contribution in [0, 0.1) is 11.3 Å². The van der Waals surface area contributed by atoms with Crippen LogP contribution in [-0.4, -0.2) is 58.9 Å². The highest BCUT2D eigenvalue weighted by Gasteiger charge is 2.59. The minimum absolute atomic E-state index is 0.0160. The number of nitriles is 1. The van der Waals surface area contributed by atoms with Crippen LogP contribution in [0.1, 0.15) is 40.5 Å². The fraction of sp³-hybridized carbons (Fsp3) is 0.700. The van der Waals surface area contributed by atoms with E-state index in [0.29, 0.717) is 0 Å². The Morgan fingerprint density at radius 3 is 2.61 bits per heavy atom. The zero-order chi connectivity index (χ0) is 23.6. The molecule has 10 nitrogen and oxygen atoms in total. The predicted octanol–water partition coefficient (Wildman–Crippen LogP) is 1.30. The van der Waals surface area contributed by atoms with Gasteiger partial charge in [0.15, 0.2) is 14.0 Å². The van der Waals surface area contributed by atoms with Crippen molar-refractivity contribution in [3.05, 3.63) is 22.7 Å². The summed E-state index contributed by atoms with van der Waals surface area (Å²) in [5.74, 6) is -0.306. The van der Waals surface area contributed by atoms with Crippen molar-refractivity contribution in [3.8, 4) is 6.07 Å². The Bertz CT molecular complexity index is 906. The Kier molecular flexibility index (Phi) is 7.45. The van der Waals surface area contributed by atoms with Gasteiger partial charge >= 0.3 is 5.69 Å². The first kappa shape index (κ1) is 25.2. The molecule has 0 radical (unpaired) electrons. The lowest BCUT2D eigenvalue weighted by Gasteiger charge is -2.44. The van der Waals surface area contributed by atoms with Crippen LogP contribution < -0.4 is 11.0 Å². The maximum absolute atomic E-state index is 12.9. The number of aromatic nitrogens is 2. The van der Waals surface area contributed by atoms with Gasteiger partial charge in [-0.25, -0.2) is 4.79 Å². The molecule has 1 aliphatic rings. The van der Waals surface area contributed by atoms with E-state index >= 15 is 0 Å². The second-order valence-corrected chi connectivity index (χ2v) is 14.0. The molecule has 1 fully saturated rings. The number of hydrogen-bond donors (Lipinski definition) is 3. The van der Waals surface area contributed by atoms with E-state index < -0.39 is 44.7 Å². The van der Waals surface area contributed by atoms with Crippen LogP contribution in [0.15, 0.2) is 17.1 Å². The third kappa shape index (κ3) is 5.04. The smallest absolute Gasteiger partial charge is 0.351 e. The molecule has 0 saturated carbocycles. The number of anilines is 1. The van der Waals surface area contributed by atoms with Crippen molar-refractivity contribution in [1.82, 2.24) is 9.55 Å². The normalized spacial score (nSPS) is 26.5. The Balaban J connectivity index is 2.64. The number of nitrogens with zero attached hydrogens (tertiary/aromatic N) is 3. The van der Waals surface area contributed by atoms with Crippen LogP contribution in [0.4, 0.5) is 5.82 Å². The van der Waals surface area contributed by atoms with Crippen molar-refractivity contribution in [2.45, 2.75) is 82.7 Å². The molecule has 0 aliphatic carbocycles. The molecule has 31 heavy (non-hydrogen) atoms. The van der Waals surface area contributed by atoms with E-state index in [1.54, 1.807) is 0 Å². The quantitative estimate of drug-likeness (QED) is 0.525. The molecule has 11 heteroatoms. The van der Waals surface area contributed by atoms with Gasteiger partial charge in [0.1, 0.15) is 24.1 Å². The van der Waals surface area contributed by atoms with Crippen LogP contribution in [-0.2, 0) is 19.7 Å². The van der Waals surface area contributed by atoms with Crippen molar-refractivity contribution in [2.75, 3.05) is 11.9 Å². The van der Waals surface area contributed by atoms with Gasteiger partial charge in [-0.3, -0.25) is 9.36 Å². The number of rotatable bonds is 7. The lowest BCUT2D eigenvalue weighted by Crippen LogP contribution is -2.56. The highest BCUT2D eigenvalue weighted by atomic mass is 28.4. The minimum Gasteiger partial charge on any atom is -0.406 e. The molecule has 1 aromatic rings. The average molecular weight is 453 g/mol. The molecule has 0 unspecified atom stereocenters. The summed E-state index contributed by atoms with van der Waals surface area (Å²) in [5.41, 5.74) is -2.28. The van der Waals surface area contributed by atoms with E-state index in [1.165, 1.54) is 23.8 Å². The van der Waals surface area contributed by atoms with E-state index in [-0.39, 0.29) is 29.6 Å². The highest BCUT2D eigenvalue weighted by molar-refractivity contribution is 6.74. The zero-order valence-corrected chi connectivity index (χ0v) is 19.9. The van der Waals surface area contributed by atoms with Crippen LogP contribution in [0.3, 0.4) is 0 Å². The van der Waals surface area contributed by atoms with Gasteiger partial charge in [-0.1, -0.05) is 20.8 Å². The molecular formula is C20H32N4O6Si. The van der Waals surface area contributed by atoms with Gasteiger partial charge in [0.25, 0.3) is 0 Å². The molecule has 3 N–H and O–H groups in total. The SMILES string of the molecule is CC(=O)Nc1ccn([C@]2(CCC#N)O[C@H](CO)[C@@H](O)[C@H]2O[Si](C)(C)C(C)(C)C)c(=O)n1. The monoisotopic (exact) mass is 452 g/mol. The summed E-state index contributed by atoms with van der Waals surface area (Å²) in [4.78, 5) is 28.1. The van der Waals surface area contributed by atoms with Crippen molar-refractivity contribution in [1.29, 1.82) is 5.26 Å². The first-order chi connectivity index (χ1) is 14.3. The number of amides is 1. The van der Waals surface area contributed by atoms with Crippen LogP contribution >= 0.6 is 0 Å². The maximum Gasteiger partial charge on any atom is 0.351 e. The lowest BCUT2D eigenvalue weighted by molar-refractivity contribution is -0.151. The fourth-order valence-corrected chi connectivity index (χ4v) is 4.67. The molecule has 1 amide bonds. The summed E-state index contributed by atoms with van der Waals surface area (Å²) in [6, 6.07) is 3.48. The lowest BCUT2D eigenvalue weighted by atomic mass is 9.97. The van der Waals surface area contributed by atoms with Gasteiger partial charge in [0.2, 0.25) is 5.91 Å². The van der Waals surface area contributed by atoms with Gasteiger partial charge < -0.3 is 24.7 Å². The first-order valence-electron chi connectivity index (χ1n) is 10.2. The summed E-state index contributed by atoms with van der Waals surface area (Å²) in [7, 11) is -2.46. The third-order valence-electron chi connectivity index (χ3n) is 6.01. The van der Waals surface area contributed by atoms with E-state index in [0.717, 1.165) is 0 Å². The van der Waals surface area contributed by atoms with Gasteiger partial charge in [-0.15, -0.1) is 0 Å². The molecule has 0 bridgehead atoms. The summed E-state index contributed by atoms with van der Waals surface area (Å²) in [6.07, 6.45) is -1.79. The molecule has 2 rings (SSSR count). The average Bonchev–Trinajstić information content (AvgIpc) is 2.91. The molecule has 0 aromatic carbocycles. The number of ether oxygens (including phenoxy) is 1. The van der Waals surface area contributed by atoms with Crippen molar-refractivity contribution in [2.24, 2.45) is 0 Å². The molecule has 1 aliphatic heterocycles. The molecule has 1 saturated heterocycles. The summed E-state index contributed by atoms with van der Waals surface area (Å²) < 4.78 is 13.8. The van der Waals surface area contributed by atoms with E-state index in [4.69, 9.17) is 9.16 Å². The van der Waals surface area contributed by atoms with E-state index in [2.05, 4.69) is 10.3 Å². The summed E-state index contributed by atoms with van der Waals surface area (Å²) in [5, 5.41) is 32.2. The Morgan fingerprint density at radius 2 is 2.13 bits per heavy atom. The number of nitrogens with one attached hydrogen (secondary N) is 1. The Morgan fingerprint density at radius 1 is 1.48 bits per heavy atom. The zero-order valence-electron chi connectivity index (χ0n) is 18.9. The molecule has 1 aromatic heterocycles. The van der Waals surface area contributed by atoms with Crippen molar-refractivity contribution in [3.63, 3.8) is 0 Å². The van der Waals surface area contributed by atoms with Gasteiger partial charge in [0, 0.05) is 26.0 Å². The van der Waals surface area contributed by atoms with Crippen LogP contribution in [0.5, 0.6) is 0 Å². The molecular weight excluding hydrogens is 420 g/mol. The maximum atomic E-state index is 12.9. The topological polar surface area (TPSA) is 147 Å². The number of hydrogen-bond acceptors (Lipinski definition) is 8. The second-order valence-electron chi connectivity index (χ2n) is 9.28. The highest BCUT2D eigenvalue weighted by Crippen LogP contribution is 2.45. The van der Waals surface area contributed by atoms with Gasteiger partial charge in [-0.2, -0.15) is 10.2 Å². The molecule has 2 heterocycles. The van der Waals surface area contributed by atoms with Gasteiger partial charge in [-0.05, 0) is 24.2 Å². The van der Waals surface area contributed by atoms with Crippen molar-refractivity contribution < 1.29 is 24.2 Å². The van der Waals surface area contributed by atoms with Gasteiger partial charge in [0.05, 0.1) is 12.7 Å². The molecule has 4 atom stereocenters. The number of aliphatic hydroxyl groups excluding tert-OH is 2. The minimum atomic E-state index is -2.46. The van der Waals surface area contributed by atoms with E-state index in [1.807, 2.05) is 39.9 Å². The fourth-order valence-electron chi connectivity index (χ4n) is 3.35. The molecule has 0 spiro atoms. The van der Waals surface area contributed by atoms with Crippen LogP contribution in [0.2, 0.25) is 18.1 Å². The number of carbonyl (C=O) groups is 1. The summed E-state index contributed by atoms with van der Waals surface area (Å²) >= 11 is 0. The van der Waals surface area contributed by atoms with Crippen LogP contribution in [0.25, 0.3) is 0 Å². The predicted molar refractivity (Wildman–Crippen MR) is 116 cm³/mol. The standard InChI is InChI=1S/C20H32N4O6Si/c1-13(26)22-15-8-11-24(18(28)23-15)20(9-7-10-21)17(16(27)14(12-25)29-20)30-31(5,6)19(2,3)4/h8,11,14,16-17,25,27H,7,9,12H2,1-6H3,(H,22,23,26,28)/t14-,16-,17-,20-/m1/s1. The number of aliphatic hydroxyl groups is 2.